The molecule has 150 valence electrons. The van der Waals surface area contributed by atoms with Gasteiger partial charge in [0.2, 0.25) is 5.88 Å². The van der Waals surface area contributed by atoms with Gasteiger partial charge in [0, 0.05) is 44.3 Å². The monoisotopic (exact) mass is 404 g/mol. The van der Waals surface area contributed by atoms with E-state index in [2.05, 4.69) is 25.4 Å². The van der Waals surface area contributed by atoms with Crippen LogP contribution in [0, 0.1) is 0 Å². The Hall–Kier alpha value is -3.44. The molecule has 0 radical (unpaired) electrons. The molecular weight excluding hydrogens is 389 g/mol. The van der Waals surface area contributed by atoms with Crippen LogP contribution >= 0.6 is 0 Å². The molecule has 1 aliphatic rings. The van der Waals surface area contributed by atoms with Gasteiger partial charge in [-0.25, -0.2) is 4.52 Å². The van der Waals surface area contributed by atoms with Crippen LogP contribution in [0.2, 0.25) is 0 Å². The summed E-state index contributed by atoms with van der Waals surface area (Å²) in [5.74, 6) is -0.163. The fourth-order valence-corrected chi connectivity index (χ4v) is 3.36. The topological polar surface area (TPSA) is 85.7 Å². The van der Waals surface area contributed by atoms with E-state index in [0.29, 0.717) is 43.3 Å². The Morgan fingerprint density at radius 2 is 1.83 bits per heavy atom. The van der Waals surface area contributed by atoms with E-state index in [0.717, 1.165) is 4.52 Å². The third-order valence-corrected chi connectivity index (χ3v) is 4.79. The Morgan fingerprint density at radius 3 is 2.62 bits per heavy atom. The predicted octanol–water partition coefficient (Wildman–Crippen LogP) is 2.23. The van der Waals surface area contributed by atoms with Crippen molar-refractivity contribution in [2.45, 2.75) is 25.1 Å². The van der Waals surface area contributed by atoms with Crippen LogP contribution < -0.4 is 9.64 Å². The summed E-state index contributed by atoms with van der Waals surface area (Å²) in [4.78, 5) is 6.32. The van der Waals surface area contributed by atoms with Crippen molar-refractivity contribution in [3.8, 4) is 5.88 Å². The lowest BCUT2D eigenvalue weighted by Crippen LogP contribution is -2.39. The second kappa shape index (κ2) is 6.57. The Kier molecular flexibility index (Phi) is 4.00. The van der Waals surface area contributed by atoms with Crippen LogP contribution in [0.3, 0.4) is 0 Å². The number of aromatic nitrogens is 7. The summed E-state index contributed by atoms with van der Waals surface area (Å²) >= 11 is 0. The summed E-state index contributed by atoms with van der Waals surface area (Å²) in [6, 6.07) is 6.68. The van der Waals surface area contributed by atoms with Gasteiger partial charge in [-0.1, -0.05) is 0 Å². The molecule has 0 aliphatic carbocycles. The van der Waals surface area contributed by atoms with Crippen LogP contribution in [-0.2, 0) is 6.18 Å². The first-order valence-electron chi connectivity index (χ1n) is 8.99. The number of piperidine rings is 1. The molecule has 5 rings (SSSR count). The molecule has 12 heteroatoms. The molecule has 0 atom stereocenters. The van der Waals surface area contributed by atoms with Crippen molar-refractivity contribution in [1.29, 1.82) is 0 Å². The normalized spacial score (nSPS) is 16.0. The summed E-state index contributed by atoms with van der Waals surface area (Å²) in [6.07, 6.45) is 0.182. The largest absolute Gasteiger partial charge is 0.474 e. The number of rotatable bonds is 3. The average Bonchev–Trinajstić information content (AvgIpc) is 3.34. The molecular formula is C17H15F3N8O. The average molecular weight is 404 g/mol. The number of ether oxygens (including phenoxy) is 1. The number of nitrogens with zero attached hydrogens (tertiary/aromatic N) is 8. The van der Waals surface area contributed by atoms with Crippen LogP contribution in [0.5, 0.6) is 5.88 Å². The number of hydrogen-bond acceptors (Lipinski definition) is 7. The highest BCUT2D eigenvalue weighted by atomic mass is 19.4. The molecule has 9 nitrogen and oxygen atoms in total. The lowest BCUT2D eigenvalue weighted by Gasteiger charge is -2.32. The lowest BCUT2D eigenvalue weighted by atomic mass is 10.1. The highest BCUT2D eigenvalue weighted by Gasteiger charge is 2.38. The first-order chi connectivity index (χ1) is 14.0. The van der Waals surface area contributed by atoms with E-state index in [9.17, 15) is 13.2 Å². The van der Waals surface area contributed by atoms with E-state index < -0.39 is 12.0 Å². The molecule has 0 saturated carbocycles. The fraction of sp³-hybridized carbons (Fsp3) is 0.353. The van der Waals surface area contributed by atoms with E-state index in [4.69, 9.17) is 4.74 Å². The van der Waals surface area contributed by atoms with Crippen molar-refractivity contribution in [1.82, 2.24) is 34.4 Å². The van der Waals surface area contributed by atoms with Crippen LogP contribution in [0.25, 0.3) is 11.3 Å². The van der Waals surface area contributed by atoms with Gasteiger partial charge in [-0.05, 0) is 12.1 Å². The standard InChI is InChI=1S/C17H15F3N8O/c18-17(19,20)16-24-23-13-1-2-14(25-28(13)16)26-8-4-11(5-9-26)29-15-6-10-27-12(22-15)3-7-21-27/h1-3,6-7,10-11H,4-5,8-9H2. The van der Waals surface area contributed by atoms with Gasteiger partial charge in [0.25, 0.3) is 5.82 Å². The van der Waals surface area contributed by atoms with Crippen molar-refractivity contribution in [2.24, 2.45) is 0 Å². The van der Waals surface area contributed by atoms with Crippen molar-refractivity contribution < 1.29 is 17.9 Å². The second-order valence-corrected chi connectivity index (χ2v) is 6.69. The van der Waals surface area contributed by atoms with Crippen LogP contribution in [0.4, 0.5) is 19.0 Å². The van der Waals surface area contributed by atoms with Crippen LogP contribution in [0.15, 0.2) is 36.7 Å². The number of fused-ring (bicyclic) bond motifs is 2. The molecule has 0 aromatic carbocycles. The summed E-state index contributed by atoms with van der Waals surface area (Å²) in [5, 5.41) is 14.9. The third kappa shape index (κ3) is 3.30. The Labute approximate surface area is 161 Å². The van der Waals surface area contributed by atoms with Crippen molar-refractivity contribution >= 4 is 17.1 Å². The molecule has 4 aromatic rings. The lowest BCUT2D eigenvalue weighted by molar-refractivity contribution is -0.146. The maximum Gasteiger partial charge on any atom is 0.453 e. The number of hydrogen-bond donors (Lipinski definition) is 0. The SMILES string of the molecule is FC(F)(F)c1nnc2ccc(N3CCC(Oc4ccn5nccc5n4)CC3)nn12. The smallest absolute Gasteiger partial charge is 0.453 e. The van der Waals surface area contributed by atoms with Gasteiger partial charge in [0.1, 0.15) is 11.9 Å². The zero-order valence-corrected chi connectivity index (χ0v) is 15.0. The van der Waals surface area contributed by atoms with Crippen LogP contribution in [0.1, 0.15) is 18.7 Å². The molecule has 29 heavy (non-hydrogen) atoms. The molecule has 0 unspecified atom stereocenters. The zero-order chi connectivity index (χ0) is 20.0. The first-order valence-corrected chi connectivity index (χ1v) is 8.99. The van der Waals surface area contributed by atoms with E-state index in [-0.39, 0.29) is 11.8 Å². The van der Waals surface area contributed by atoms with Gasteiger partial charge in [0.15, 0.2) is 11.3 Å². The minimum atomic E-state index is -4.62. The van der Waals surface area contributed by atoms with Gasteiger partial charge in [-0.2, -0.15) is 27.8 Å². The summed E-state index contributed by atoms with van der Waals surface area (Å²) < 4.78 is 47.5. The maximum absolute atomic E-state index is 13.1. The first kappa shape index (κ1) is 17.6. The molecule has 0 spiro atoms. The van der Waals surface area contributed by atoms with Crippen molar-refractivity contribution in [3.05, 3.63) is 42.5 Å². The van der Waals surface area contributed by atoms with Gasteiger partial charge >= 0.3 is 6.18 Å². The molecule has 1 saturated heterocycles. The summed E-state index contributed by atoms with van der Waals surface area (Å²) in [6.45, 7) is 1.20. The Bertz CT molecular complexity index is 1160. The molecule has 4 aromatic heterocycles. The van der Waals surface area contributed by atoms with E-state index in [1.54, 1.807) is 35.1 Å². The zero-order valence-electron chi connectivity index (χ0n) is 15.0. The van der Waals surface area contributed by atoms with Gasteiger partial charge in [0.05, 0.1) is 6.20 Å². The van der Waals surface area contributed by atoms with Gasteiger partial charge in [-0.15, -0.1) is 15.3 Å². The van der Waals surface area contributed by atoms with Gasteiger partial charge < -0.3 is 9.64 Å². The number of halogens is 3. The van der Waals surface area contributed by atoms with Crippen molar-refractivity contribution in [2.75, 3.05) is 18.0 Å². The molecule has 0 bridgehead atoms. The maximum atomic E-state index is 13.1. The minimum Gasteiger partial charge on any atom is -0.474 e. The summed E-state index contributed by atoms with van der Waals surface area (Å²) in [5.41, 5.74) is 0.757. The van der Waals surface area contributed by atoms with Crippen molar-refractivity contribution in [3.63, 3.8) is 0 Å². The molecule has 0 amide bonds. The van der Waals surface area contributed by atoms with Crippen LogP contribution in [-0.4, -0.2) is 53.6 Å². The minimum absolute atomic E-state index is 0.0338. The summed E-state index contributed by atoms with van der Waals surface area (Å²) in [7, 11) is 0. The highest BCUT2D eigenvalue weighted by molar-refractivity contribution is 5.46. The predicted molar refractivity (Wildman–Crippen MR) is 94.6 cm³/mol. The Balaban J connectivity index is 1.28. The molecule has 1 aliphatic heterocycles. The molecule has 0 N–H and O–H groups in total. The van der Waals surface area contributed by atoms with E-state index in [1.807, 2.05) is 4.90 Å². The number of alkyl halides is 3. The molecule has 1 fully saturated rings. The highest BCUT2D eigenvalue weighted by Crippen LogP contribution is 2.28. The fourth-order valence-electron chi connectivity index (χ4n) is 3.36. The van der Waals surface area contributed by atoms with E-state index in [1.165, 1.54) is 6.07 Å². The van der Waals surface area contributed by atoms with Gasteiger partial charge in [-0.3, -0.25) is 0 Å². The molecule has 5 heterocycles. The second-order valence-electron chi connectivity index (χ2n) is 6.69. The third-order valence-electron chi connectivity index (χ3n) is 4.79. The Morgan fingerprint density at radius 1 is 1.00 bits per heavy atom. The number of anilines is 1. The van der Waals surface area contributed by atoms with E-state index >= 15 is 0 Å². The quantitative estimate of drug-likeness (QED) is 0.518.